The van der Waals surface area contributed by atoms with Crippen LogP contribution >= 0.6 is 0 Å². The lowest BCUT2D eigenvalue weighted by molar-refractivity contribution is -0.926. The van der Waals surface area contributed by atoms with Gasteiger partial charge in [-0.1, -0.05) is 13.8 Å². The van der Waals surface area contributed by atoms with Gasteiger partial charge in [0.1, 0.15) is 12.3 Å². The molecule has 1 aromatic carbocycles. The summed E-state index contributed by atoms with van der Waals surface area (Å²) in [5.41, 5.74) is 6.77. The van der Waals surface area contributed by atoms with E-state index in [0.717, 1.165) is 48.7 Å². The number of ether oxygens (including phenoxy) is 1. The second-order valence-electron chi connectivity index (χ2n) is 7.07. The summed E-state index contributed by atoms with van der Waals surface area (Å²) in [6.07, 6.45) is 1.30. The summed E-state index contributed by atoms with van der Waals surface area (Å²) in [4.78, 5) is 14.6. The Hall–Kier alpha value is -2.41. The second-order valence-corrected chi connectivity index (χ2v) is 7.07. The van der Waals surface area contributed by atoms with E-state index in [0.29, 0.717) is 5.95 Å². The van der Waals surface area contributed by atoms with E-state index in [2.05, 4.69) is 34.1 Å². The van der Waals surface area contributed by atoms with Crippen molar-refractivity contribution in [1.82, 2.24) is 15.0 Å². The summed E-state index contributed by atoms with van der Waals surface area (Å²) >= 11 is 0. The van der Waals surface area contributed by atoms with Gasteiger partial charge in [0.15, 0.2) is 5.82 Å². The molecule has 1 aliphatic heterocycles. The Kier molecular flexibility index (Phi) is 5.33. The fourth-order valence-electron chi connectivity index (χ4n) is 3.67. The highest BCUT2D eigenvalue weighted by atomic mass is 16.5. The number of nitrogens with zero attached hydrogens (tertiary/aromatic N) is 3. The number of hydrogen-bond donors (Lipinski definition) is 3. The number of nitrogens with two attached hydrogens (primary N) is 1. The number of hydrogen-bond acceptors (Lipinski definition) is 6. The van der Waals surface area contributed by atoms with E-state index >= 15 is 0 Å². The fraction of sp³-hybridized carbons (Fsp3) is 0.500. The molecule has 0 bridgehead atoms. The fourth-order valence-corrected chi connectivity index (χ4v) is 3.67. The predicted molar refractivity (Wildman–Crippen MR) is 97.9 cm³/mol. The van der Waals surface area contributed by atoms with Crippen LogP contribution in [-0.4, -0.2) is 35.2 Å². The van der Waals surface area contributed by atoms with Gasteiger partial charge in [0.2, 0.25) is 11.9 Å². The molecule has 0 aliphatic carbocycles. The Balaban J connectivity index is 1.71. The number of likely N-dealkylation sites (tertiary alicyclic amines) is 1. The van der Waals surface area contributed by atoms with Gasteiger partial charge >= 0.3 is 0 Å². The van der Waals surface area contributed by atoms with Crippen molar-refractivity contribution in [2.24, 2.45) is 11.8 Å². The number of piperidine rings is 1. The van der Waals surface area contributed by atoms with Crippen molar-refractivity contribution in [2.75, 3.05) is 31.2 Å². The van der Waals surface area contributed by atoms with Gasteiger partial charge in [-0.15, -0.1) is 0 Å². The lowest BCUT2D eigenvalue weighted by Gasteiger charge is -2.31. The molecule has 1 aromatic heterocycles. The summed E-state index contributed by atoms with van der Waals surface area (Å²) in [5, 5.41) is 3.18. The molecule has 3 rings (SSSR count). The first-order valence-electron chi connectivity index (χ1n) is 8.77. The van der Waals surface area contributed by atoms with Crippen molar-refractivity contribution in [2.45, 2.75) is 26.8 Å². The molecule has 0 amide bonds. The van der Waals surface area contributed by atoms with Gasteiger partial charge in [0, 0.05) is 17.5 Å². The SMILES string of the molecule is COc1ccc(Nc2nc(N)nc(C[NH+]3C[C@@H](C)C[C@H](C)C3)n2)cc1. The average Bonchev–Trinajstić information content (AvgIpc) is 2.54. The highest BCUT2D eigenvalue weighted by Crippen LogP contribution is 2.18. The monoisotopic (exact) mass is 343 g/mol. The van der Waals surface area contributed by atoms with E-state index in [1.54, 1.807) is 7.11 Å². The van der Waals surface area contributed by atoms with E-state index in [-0.39, 0.29) is 5.95 Å². The van der Waals surface area contributed by atoms with Gasteiger partial charge in [-0.3, -0.25) is 0 Å². The largest absolute Gasteiger partial charge is 0.497 e. The van der Waals surface area contributed by atoms with Crippen molar-refractivity contribution >= 4 is 17.6 Å². The van der Waals surface area contributed by atoms with Crippen LogP contribution in [-0.2, 0) is 6.54 Å². The maximum absolute atomic E-state index is 5.89. The van der Waals surface area contributed by atoms with Crippen LogP contribution in [0.1, 0.15) is 26.1 Å². The minimum absolute atomic E-state index is 0.249. The topological polar surface area (TPSA) is 90.4 Å². The van der Waals surface area contributed by atoms with Crippen LogP contribution in [0.25, 0.3) is 0 Å². The van der Waals surface area contributed by atoms with E-state index < -0.39 is 0 Å². The van der Waals surface area contributed by atoms with Crippen molar-refractivity contribution in [3.8, 4) is 5.75 Å². The molecule has 134 valence electrons. The lowest BCUT2D eigenvalue weighted by atomic mass is 9.92. The quantitative estimate of drug-likeness (QED) is 0.757. The highest BCUT2D eigenvalue weighted by molar-refractivity contribution is 5.55. The number of anilines is 3. The van der Waals surface area contributed by atoms with Crippen LogP contribution in [0.2, 0.25) is 0 Å². The number of aromatic nitrogens is 3. The van der Waals surface area contributed by atoms with Crippen LogP contribution in [0.4, 0.5) is 17.6 Å². The Morgan fingerprint density at radius 1 is 1.12 bits per heavy atom. The van der Waals surface area contributed by atoms with Crippen molar-refractivity contribution in [1.29, 1.82) is 0 Å². The number of nitrogen functional groups attached to an aromatic ring is 1. The zero-order valence-electron chi connectivity index (χ0n) is 15.1. The van der Waals surface area contributed by atoms with E-state index in [1.165, 1.54) is 11.3 Å². The third-order valence-electron chi connectivity index (χ3n) is 4.53. The predicted octanol–water partition coefficient (Wildman–Crippen LogP) is 1.27. The number of nitrogens with one attached hydrogen (secondary N) is 2. The van der Waals surface area contributed by atoms with Gasteiger partial charge in [-0.2, -0.15) is 15.0 Å². The molecule has 0 saturated carbocycles. The smallest absolute Gasteiger partial charge is 0.232 e. The standard InChI is InChI=1S/C18H26N6O/c1-12-8-13(2)10-24(9-12)11-16-21-17(19)23-18(22-16)20-14-4-6-15(25-3)7-5-14/h4-7,12-13H,8-11H2,1-3H3,(H3,19,20,21,22,23)/p+1/t12-,13-/m0/s1. The lowest BCUT2D eigenvalue weighted by Crippen LogP contribution is -3.13. The molecule has 2 atom stereocenters. The molecule has 7 nitrogen and oxygen atoms in total. The molecule has 1 fully saturated rings. The Bertz CT molecular complexity index is 695. The third-order valence-corrected chi connectivity index (χ3v) is 4.53. The van der Waals surface area contributed by atoms with Gasteiger partial charge in [0.05, 0.1) is 20.2 Å². The zero-order valence-corrected chi connectivity index (χ0v) is 15.1. The zero-order chi connectivity index (χ0) is 17.8. The van der Waals surface area contributed by atoms with Crippen LogP contribution < -0.4 is 20.7 Å². The summed E-state index contributed by atoms with van der Waals surface area (Å²) in [6.45, 7) is 7.70. The van der Waals surface area contributed by atoms with Crippen LogP contribution in [0.3, 0.4) is 0 Å². The van der Waals surface area contributed by atoms with Crippen LogP contribution in [0.15, 0.2) is 24.3 Å². The van der Waals surface area contributed by atoms with Crippen LogP contribution in [0, 0.1) is 11.8 Å². The van der Waals surface area contributed by atoms with Crippen molar-refractivity contribution in [3.63, 3.8) is 0 Å². The van der Waals surface area contributed by atoms with E-state index in [1.807, 2.05) is 24.3 Å². The molecule has 25 heavy (non-hydrogen) atoms. The Morgan fingerprint density at radius 2 is 1.80 bits per heavy atom. The number of methoxy groups -OCH3 is 1. The molecule has 2 heterocycles. The molecule has 1 saturated heterocycles. The first-order valence-corrected chi connectivity index (χ1v) is 8.77. The minimum Gasteiger partial charge on any atom is -0.497 e. The number of benzene rings is 1. The van der Waals surface area contributed by atoms with Crippen LogP contribution in [0.5, 0.6) is 5.75 Å². The summed E-state index contributed by atoms with van der Waals surface area (Å²) < 4.78 is 5.17. The van der Waals surface area contributed by atoms with Gasteiger partial charge in [0.25, 0.3) is 0 Å². The Labute approximate surface area is 148 Å². The molecular weight excluding hydrogens is 316 g/mol. The van der Waals surface area contributed by atoms with Gasteiger partial charge < -0.3 is 20.7 Å². The maximum Gasteiger partial charge on any atom is 0.232 e. The average molecular weight is 343 g/mol. The summed E-state index contributed by atoms with van der Waals surface area (Å²) in [5.74, 6) is 3.73. The Morgan fingerprint density at radius 3 is 2.44 bits per heavy atom. The normalized spacial score (nSPS) is 23.2. The second kappa shape index (κ2) is 7.65. The van der Waals surface area contributed by atoms with Crippen molar-refractivity contribution < 1.29 is 9.64 Å². The molecule has 1 aliphatic rings. The van der Waals surface area contributed by atoms with Gasteiger partial charge in [-0.05, 0) is 30.7 Å². The highest BCUT2D eigenvalue weighted by Gasteiger charge is 2.26. The first-order chi connectivity index (χ1) is 12.0. The number of rotatable bonds is 5. The molecular formula is C18H27N6O+. The minimum atomic E-state index is 0.249. The third kappa shape index (κ3) is 4.79. The van der Waals surface area contributed by atoms with Gasteiger partial charge in [-0.25, -0.2) is 0 Å². The summed E-state index contributed by atoms with van der Waals surface area (Å²) in [7, 11) is 1.64. The molecule has 0 radical (unpaired) electrons. The van der Waals surface area contributed by atoms with E-state index in [9.17, 15) is 0 Å². The van der Waals surface area contributed by atoms with Crippen molar-refractivity contribution in [3.05, 3.63) is 30.1 Å². The van der Waals surface area contributed by atoms with E-state index in [4.69, 9.17) is 10.5 Å². The molecule has 7 heteroatoms. The molecule has 4 N–H and O–H groups in total. The maximum atomic E-state index is 5.89. The molecule has 2 aromatic rings. The summed E-state index contributed by atoms with van der Waals surface area (Å²) in [6, 6.07) is 7.60. The molecule has 0 unspecified atom stereocenters. The number of quaternary nitrogens is 1. The molecule has 0 spiro atoms. The first kappa shape index (κ1) is 17.4.